The number of fused-ring (bicyclic) bond motifs is 1. The Balaban J connectivity index is 1.81. The van der Waals surface area contributed by atoms with Crippen molar-refractivity contribution in [1.29, 1.82) is 0 Å². The van der Waals surface area contributed by atoms with Gasteiger partial charge in [-0.2, -0.15) is 4.80 Å². The predicted octanol–water partition coefficient (Wildman–Crippen LogP) is 1.31. The lowest BCUT2D eigenvalue weighted by Crippen LogP contribution is -2.12. The highest BCUT2D eigenvalue weighted by Crippen LogP contribution is 2.29. The minimum atomic E-state index is 0.198. The summed E-state index contributed by atoms with van der Waals surface area (Å²) >= 11 is 0. The van der Waals surface area contributed by atoms with E-state index < -0.39 is 0 Å². The van der Waals surface area contributed by atoms with Gasteiger partial charge in [0.05, 0.1) is 7.05 Å². The van der Waals surface area contributed by atoms with Crippen LogP contribution in [0.3, 0.4) is 0 Å². The third kappa shape index (κ3) is 2.33. The molecular weight excluding hydrogens is 244 g/mol. The van der Waals surface area contributed by atoms with Crippen LogP contribution in [-0.2, 0) is 20.1 Å². The number of Topliss-reactive ketones (excluding diaryl/α,β-unsaturated/α-hetero) is 1. The van der Waals surface area contributed by atoms with Gasteiger partial charge in [0.25, 0.3) is 0 Å². The molecule has 1 aliphatic carbocycles. The molecule has 1 aromatic carbocycles. The molecule has 0 saturated carbocycles. The molecule has 1 heterocycles. The van der Waals surface area contributed by atoms with E-state index in [9.17, 15) is 4.79 Å². The highest BCUT2D eigenvalue weighted by Gasteiger charge is 2.20. The molecule has 0 amide bonds. The second-order valence-electron chi connectivity index (χ2n) is 4.54. The molecule has 0 bridgehead atoms. The van der Waals surface area contributed by atoms with E-state index in [4.69, 9.17) is 4.74 Å². The number of hydrogen-bond acceptors (Lipinski definition) is 5. The van der Waals surface area contributed by atoms with E-state index in [0.29, 0.717) is 12.2 Å². The molecule has 19 heavy (non-hydrogen) atoms. The quantitative estimate of drug-likeness (QED) is 0.830. The summed E-state index contributed by atoms with van der Waals surface area (Å²) in [7, 11) is 1.71. The minimum Gasteiger partial charge on any atom is -0.485 e. The Morgan fingerprint density at radius 1 is 1.37 bits per heavy atom. The Morgan fingerprint density at radius 2 is 2.26 bits per heavy atom. The second-order valence-corrected chi connectivity index (χ2v) is 4.54. The molecule has 1 aliphatic rings. The van der Waals surface area contributed by atoms with Crippen molar-refractivity contribution < 1.29 is 9.53 Å². The average Bonchev–Trinajstić information content (AvgIpc) is 2.83. The zero-order valence-electron chi connectivity index (χ0n) is 10.7. The molecule has 98 valence electrons. The van der Waals surface area contributed by atoms with Gasteiger partial charge in [-0.05, 0) is 24.1 Å². The van der Waals surface area contributed by atoms with Crippen molar-refractivity contribution in [3.8, 4) is 5.75 Å². The maximum Gasteiger partial charge on any atom is 0.212 e. The maximum absolute atomic E-state index is 11.8. The number of nitrogens with zero attached hydrogens (tertiary/aromatic N) is 4. The topological polar surface area (TPSA) is 69.9 Å². The van der Waals surface area contributed by atoms with Crippen LogP contribution < -0.4 is 4.74 Å². The van der Waals surface area contributed by atoms with Gasteiger partial charge in [-0.1, -0.05) is 12.1 Å². The fraction of sp³-hybridized carbons (Fsp3) is 0.385. The molecule has 3 rings (SSSR count). The summed E-state index contributed by atoms with van der Waals surface area (Å²) in [6, 6.07) is 5.60. The second kappa shape index (κ2) is 4.79. The summed E-state index contributed by atoms with van der Waals surface area (Å²) < 4.78 is 5.72. The van der Waals surface area contributed by atoms with Crippen LogP contribution in [0.1, 0.15) is 34.6 Å². The van der Waals surface area contributed by atoms with E-state index in [-0.39, 0.29) is 12.4 Å². The van der Waals surface area contributed by atoms with Crippen LogP contribution in [0.25, 0.3) is 0 Å². The first-order valence-electron chi connectivity index (χ1n) is 6.25. The summed E-state index contributed by atoms with van der Waals surface area (Å²) in [6.45, 7) is 0.262. The lowest BCUT2D eigenvalue weighted by Gasteiger charge is -2.18. The first-order valence-corrected chi connectivity index (χ1v) is 6.25. The molecule has 0 radical (unpaired) electrons. The number of aromatic nitrogens is 4. The van der Waals surface area contributed by atoms with Crippen molar-refractivity contribution in [3.05, 3.63) is 35.2 Å². The summed E-state index contributed by atoms with van der Waals surface area (Å²) in [6.07, 6.45) is 2.39. The zero-order chi connectivity index (χ0) is 13.2. The molecule has 6 nitrogen and oxygen atoms in total. The highest BCUT2D eigenvalue weighted by atomic mass is 16.5. The van der Waals surface area contributed by atoms with Gasteiger partial charge in [0.1, 0.15) is 5.75 Å². The Labute approximate surface area is 110 Å². The van der Waals surface area contributed by atoms with Crippen molar-refractivity contribution >= 4 is 5.78 Å². The van der Waals surface area contributed by atoms with Crippen molar-refractivity contribution in [2.45, 2.75) is 25.9 Å². The number of ketones is 1. The summed E-state index contributed by atoms with van der Waals surface area (Å²) in [5.74, 6) is 1.48. The largest absolute Gasteiger partial charge is 0.485 e. The average molecular weight is 258 g/mol. The SMILES string of the molecule is Cn1nnc(COc2cccc3c2CCCC3=O)n1. The van der Waals surface area contributed by atoms with Gasteiger partial charge >= 0.3 is 0 Å². The molecule has 0 N–H and O–H groups in total. The van der Waals surface area contributed by atoms with Gasteiger partial charge in [0, 0.05) is 17.5 Å². The van der Waals surface area contributed by atoms with Gasteiger partial charge in [0.15, 0.2) is 12.4 Å². The van der Waals surface area contributed by atoms with E-state index >= 15 is 0 Å². The fourth-order valence-corrected chi connectivity index (χ4v) is 2.30. The smallest absolute Gasteiger partial charge is 0.212 e. The molecule has 1 aromatic heterocycles. The van der Waals surface area contributed by atoms with Crippen LogP contribution in [0.15, 0.2) is 18.2 Å². The number of ether oxygens (including phenoxy) is 1. The molecule has 6 heteroatoms. The van der Waals surface area contributed by atoms with Crippen LogP contribution in [-0.4, -0.2) is 26.0 Å². The number of carbonyl (C=O) groups excluding carboxylic acids is 1. The van der Waals surface area contributed by atoms with Crippen molar-refractivity contribution in [3.63, 3.8) is 0 Å². The Hall–Kier alpha value is -2.24. The van der Waals surface area contributed by atoms with Crippen LogP contribution >= 0.6 is 0 Å². The fourth-order valence-electron chi connectivity index (χ4n) is 2.30. The van der Waals surface area contributed by atoms with Gasteiger partial charge in [-0.25, -0.2) is 0 Å². The molecule has 2 aromatic rings. The zero-order valence-corrected chi connectivity index (χ0v) is 10.7. The minimum absolute atomic E-state index is 0.198. The van der Waals surface area contributed by atoms with Crippen LogP contribution in [0.2, 0.25) is 0 Å². The van der Waals surface area contributed by atoms with Crippen LogP contribution in [0.4, 0.5) is 0 Å². The van der Waals surface area contributed by atoms with E-state index in [1.807, 2.05) is 18.2 Å². The van der Waals surface area contributed by atoms with Gasteiger partial charge in [0.2, 0.25) is 5.82 Å². The van der Waals surface area contributed by atoms with Gasteiger partial charge in [-0.3, -0.25) is 4.79 Å². The summed E-state index contributed by atoms with van der Waals surface area (Å²) in [4.78, 5) is 13.2. The number of benzene rings is 1. The third-order valence-corrected chi connectivity index (χ3v) is 3.17. The van der Waals surface area contributed by atoms with E-state index in [1.165, 1.54) is 4.80 Å². The maximum atomic E-state index is 11.8. The lowest BCUT2D eigenvalue weighted by molar-refractivity contribution is 0.0971. The van der Waals surface area contributed by atoms with E-state index in [2.05, 4.69) is 15.4 Å². The Morgan fingerprint density at radius 3 is 3.05 bits per heavy atom. The highest BCUT2D eigenvalue weighted by molar-refractivity contribution is 5.99. The summed E-state index contributed by atoms with van der Waals surface area (Å²) in [5, 5.41) is 11.7. The first-order chi connectivity index (χ1) is 9.24. The van der Waals surface area contributed by atoms with Crippen LogP contribution in [0, 0.1) is 0 Å². The molecule has 0 fully saturated rings. The van der Waals surface area contributed by atoms with Crippen LogP contribution in [0.5, 0.6) is 5.75 Å². The normalized spacial score (nSPS) is 14.3. The number of aryl methyl sites for hydroxylation is 1. The van der Waals surface area contributed by atoms with E-state index in [0.717, 1.165) is 29.7 Å². The lowest BCUT2D eigenvalue weighted by atomic mass is 9.90. The number of carbonyl (C=O) groups is 1. The van der Waals surface area contributed by atoms with E-state index in [1.54, 1.807) is 7.05 Å². The Kier molecular flexibility index (Phi) is 2.98. The standard InChI is InChI=1S/C13H14N4O2/c1-17-15-13(14-16-17)8-19-12-7-3-4-9-10(12)5-2-6-11(9)18/h3-4,7H,2,5-6,8H2,1H3. The van der Waals surface area contributed by atoms with Gasteiger partial charge in [-0.15, -0.1) is 10.2 Å². The Bertz CT molecular complexity index is 621. The molecule has 0 saturated heterocycles. The molecule has 0 spiro atoms. The number of rotatable bonds is 3. The predicted molar refractivity (Wildman–Crippen MR) is 66.8 cm³/mol. The first kappa shape index (κ1) is 11.8. The summed E-state index contributed by atoms with van der Waals surface area (Å²) in [5.41, 5.74) is 1.79. The molecule has 0 aliphatic heterocycles. The molecular formula is C13H14N4O2. The third-order valence-electron chi connectivity index (χ3n) is 3.17. The molecule has 0 unspecified atom stereocenters. The van der Waals surface area contributed by atoms with Crippen molar-refractivity contribution in [2.75, 3.05) is 0 Å². The number of tetrazole rings is 1. The van der Waals surface area contributed by atoms with Crippen molar-refractivity contribution in [1.82, 2.24) is 20.2 Å². The van der Waals surface area contributed by atoms with Crippen molar-refractivity contribution in [2.24, 2.45) is 7.05 Å². The monoisotopic (exact) mass is 258 g/mol. The number of hydrogen-bond donors (Lipinski definition) is 0. The molecule has 0 atom stereocenters. The van der Waals surface area contributed by atoms with Gasteiger partial charge < -0.3 is 4.74 Å².